The van der Waals surface area contributed by atoms with Gasteiger partial charge in [-0.25, -0.2) is 9.59 Å². The lowest BCUT2D eigenvalue weighted by atomic mass is 10.00. The SMILES string of the molecule is Cc1cc(C)c(C(=O)Oc2ccc3c4c(c(=O)oc3c2)CCC4)c(C)c1. The zero-order valence-electron chi connectivity index (χ0n) is 15.1. The number of carbonyl (C=O) groups is 1. The van der Waals surface area contributed by atoms with Gasteiger partial charge in [0.1, 0.15) is 11.3 Å². The van der Waals surface area contributed by atoms with Crippen molar-refractivity contribution >= 4 is 16.9 Å². The molecule has 4 nitrogen and oxygen atoms in total. The van der Waals surface area contributed by atoms with Gasteiger partial charge in [-0.2, -0.15) is 0 Å². The van der Waals surface area contributed by atoms with Gasteiger partial charge in [-0.1, -0.05) is 17.7 Å². The monoisotopic (exact) mass is 348 g/mol. The van der Waals surface area contributed by atoms with Crippen LogP contribution >= 0.6 is 0 Å². The molecule has 0 aliphatic heterocycles. The zero-order chi connectivity index (χ0) is 18.4. The molecule has 0 N–H and O–H groups in total. The largest absolute Gasteiger partial charge is 0.423 e. The van der Waals surface area contributed by atoms with E-state index >= 15 is 0 Å². The third kappa shape index (κ3) is 2.71. The van der Waals surface area contributed by atoms with Crippen LogP contribution in [0.25, 0.3) is 11.0 Å². The smallest absolute Gasteiger partial charge is 0.344 e. The minimum Gasteiger partial charge on any atom is -0.423 e. The highest BCUT2D eigenvalue weighted by Crippen LogP contribution is 2.30. The molecule has 1 aliphatic carbocycles. The van der Waals surface area contributed by atoms with Gasteiger partial charge in [0.25, 0.3) is 0 Å². The van der Waals surface area contributed by atoms with Gasteiger partial charge in [-0.05, 0) is 68.9 Å². The van der Waals surface area contributed by atoms with Crippen molar-refractivity contribution < 1.29 is 13.9 Å². The molecular weight excluding hydrogens is 328 g/mol. The van der Waals surface area contributed by atoms with E-state index in [-0.39, 0.29) is 5.63 Å². The van der Waals surface area contributed by atoms with Crippen LogP contribution in [-0.4, -0.2) is 5.97 Å². The molecule has 3 aromatic rings. The highest BCUT2D eigenvalue weighted by molar-refractivity contribution is 5.94. The second-order valence-corrected chi connectivity index (χ2v) is 7.02. The summed E-state index contributed by atoms with van der Waals surface area (Å²) in [6.07, 6.45) is 2.64. The van der Waals surface area contributed by atoms with E-state index in [2.05, 4.69) is 0 Å². The zero-order valence-corrected chi connectivity index (χ0v) is 15.1. The number of hydrogen-bond donors (Lipinski definition) is 0. The van der Waals surface area contributed by atoms with Crippen LogP contribution in [0.4, 0.5) is 0 Å². The van der Waals surface area contributed by atoms with Gasteiger partial charge in [0, 0.05) is 17.0 Å². The van der Waals surface area contributed by atoms with Crippen molar-refractivity contribution in [3.8, 4) is 5.75 Å². The van der Waals surface area contributed by atoms with Crippen molar-refractivity contribution in [2.24, 2.45) is 0 Å². The molecule has 0 bridgehead atoms. The fourth-order valence-electron chi connectivity index (χ4n) is 3.99. The maximum absolute atomic E-state index is 12.6. The van der Waals surface area contributed by atoms with Gasteiger partial charge in [0.2, 0.25) is 0 Å². The predicted octanol–water partition coefficient (Wildman–Crippen LogP) is 4.43. The van der Waals surface area contributed by atoms with Crippen molar-refractivity contribution in [1.29, 1.82) is 0 Å². The summed E-state index contributed by atoms with van der Waals surface area (Å²) in [6.45, 7) is 5.80. The van der Waals surface area contributed by atoms with Crippen molar-refractivity contribution in [3.63, 3.8) is 0 Å². The minimum absolute atomic E-state index is 0.279. The molecule has 2 aromatic carbocycles. The Labute approximate surface area is 151 Å². The average Bonchev–Trinajstić information content (AvgIpc) is 3.04. The highest BCUT2D eigenvalue weighted by Gasteiger charge is 2.20. The number of carbonyl (C=O) groups excluding carboxylic acids is 1. The molecule has 0 atom stereocenters. The molecule has 0 radical (unpaired) electrons. The van der Waals surface area contributed by atoms with E-state index in [0.717, 1.165) is 52.5 Å². The highest BCUT2D eigenvalue weighted by atomic mass is 16.5. The third-order valence-electron chi connectivity index (χ3n) is 5.04. The van der Waals surface area contributed by atoms with Crippen LogP contribution < -0.4 is 10.4 Å². The molecule has 26 heavy (non-hydrogen) atoms. The van der Waals surface area contributed by atoms with Crippen LogP contribution in [0.5, 0.6) is 5.75 Å². The van der Waals surface area contributed by atoms with E-state index in [9.17, 15) is 9.59 Å². The molecule has 0 spiro atoms. The van der Waals surface area contributed by atoms with Gasteiger partial charge in [0.05, 0.1) is 5.56 Å². The van der Waals surface area contributed by atoms with Crippen LogP contribution in [0.2, 0.25) is 0 Å². The van der Waals surface area contributed by atoms with Crippen LogP contribution in [0.3, 0.4) is 0 Å². The first-order chi connectivity index (χ1) is 12.4. The van der Waals surface area contributed by atoms with E-state index in [1.165, 1.54) is 0 Å². The van der Waals surface area contributed by atoms with E-state index in [1.807, 2.05) is 39.0 Å². The number of hydrogen-bond acceptors (Lipinski definition) is 4. The quantitative estimate of drug-likeness (QED) is 0.391. The van der Waals surface area contributed by atoms with E-state index < -0.39 is 5.97 Å². The van der Waals surface area contributed by atoms with Gasteiger partial charge >= 0.3 is 11.6 Å². The molecule has 0 fully saturated rings. The maximum atomic E-state index is 12.6. The Morgan fingerprint density at radius 1 is 1.00 bits per heavy atom. The second-order valence-electron chi connectivity index (χ2n) is 7.02. The van der Waals surface area contributed by atoms with E-state index in [4.69, 9.17) is 9.15 Å². The first-order valence-corrected chi connectivity index (χ1v) is 8.82. The molecule has 1 aromatic heterocycles. The summed E-state index contributed by atoms with van der Waals surface area (Å²) in [5.74, 6) is -0.0224. The normalized spacial score (nSPS) is 13.0. The van der Waals surface area contributed by atoms with Crippen LogP contribution in [0.1, 0.15) is 44.6 Å². The van der Waals surface area contributed by atoms with Gasteiger partial charge in [-0.3, -0.25) is 0 Å². The van der Waals surface area contributed by atoms with Crippen molar-refractivity contribution in [2.75, 3.05) is 0 Å². The molecule has 0 saturated heterocycles. The minimum atomic E-state index is -0.400. The molecule has 1 heterocycles. The van der Waals surface area contributed by atoms with Crippen LogP contribution in [0.15, 0.2) is 39.5 Å². The van der Waals surface area contributed by atoms with Crippen molar-refractivity contribution in [1.82, 2.24) is 0 Å². The molecule has 4 rings (SSSR count). The Kier molecular flexibility index (Phi) is 3.91. The van der Waals surface area contributed by atoms with E-state index in [1.54, 1.807) is 12.1 Å². The molecule has 0 amide bonds. The number of fused-ring (bicyclic) bond motifs is 3. The lowest BCUT2D eigenvalue weighted by Gasteiger charge is -2.11. The average molecular weight is 348 g/mol. The summed E-state index contributed by atoms with van der Waals surface area (Å²) in [4.78, 5) is 24.8. The summed E-state index contributed by atoms with van der Waals surface area (Å²) in [7, 11) is 0. The topological polar surface area (TPSA) is 56.5 Å². The van der Waals surface area contributed by atoms with Crippen molar-refractivity contribution in [3.05, 3.63) is 74.1 Å². The maximum Gasteiger partial charge on any atom is 0.344 e. The Morgan fingerprint density at radius 3 is 2.42 bits per heavy atom. The number of ether oxygens (including phenoxy) is 1. The van der Waals surface area contributed by atoms with Crippen LogP contribution in [0, 0.1) is 20.8 Å². The fraction of sp³-hybridized carbons (Fsp3) is 0.273. The molecule has 0 unspecified atom stereocenters. The van der Waals surface area contributed by atoms with Gasteiger partial charge < -0.3 is 9.15 Å². The Bertz CT molecular complexity index is 1080. The lowest BCUT2D eigenvalue weighted by Crippen LogP contribution is -2.12. The lowest BCUT2D eigenvalue weighted by molar-refractivity contribution is 0.0733. The summed E-state index contributed by atoms with van der Waals surface area (Å²) < 4.78 is 11.0. The second kappa shape index (κ2) is 6.13. The third-order valence-corrected chi connectivity index (χ3v) is 5.04. The summed E-state index contributed by atoms with van der Waals surface area (Å²) in [6, 6.07) is 9.20. The van der Waals surface area contributed by atoms with Crippen molar-refractivity contribution in [2.45, 2.75) is 40.0 Å². The first-order valence-electron chi connectivity index (χ1n) is 8.82. The molecule has 4 heteroatoms. The first kappa shape index (κ1) is 16.6. The standard InChI is InChI=1S/C22H20O4/c1-12-9-13(2)20(14(3)10-12)22(24)25-15-7-8-17-16-5-4-6-18(16)21(23)26-19(17)11-15/h7-11H,4-6H2,1-3H3. The van der Waals surface area contributed by atoms with Gasteiger partial charge in [-0.15, -0.1) is 0 Å². The summed E-state index contributed by atoms with van der Waals surface area (Å²) >= 11 is 0. The number of benzene rings is 2. The Morgan fingerprint density at radius 2 is 1.69 bits per heavy atom. The van der Waals surface area contributed by atoms with E-state index in [0.29, 0.717) is 16.9 Å². The fourth-order valence-corrected chi connectivity index (χ4v) is 3.99. The summed E-state index contributed by atoms with van der Waals surface area (Å²) in [5.41, 5.74) is 5.50. The van der Waals surface area contributed by atoms with Crippen LogP contribution in [-0.2, 0) is 12.8 Å². The number of rotatable bonds is 2. The summed E-state index contributed by atoms with van der Waals surface area (Å²) in [5, 5.41) is 0.930. The van der Waals surface area contributed by atoms with Gasteiger partial charge in [0.15, 0.2) is 0 Å². The predicted molar refractivity (Wildman–Crippen MR) is 100 cm³/mol. The molecule has 132 valence electrons. The molecular formula is C22H20O4. The molecule has 1 aliphatic rings. The Hall–Kier alpha value is -2.88. The molecule has 0 saturated carbocycles. The number of aryl methyl sites for hydroxylation is 4. The number of esters is 1. The Balaban J connectivity index is 1.71.